The fourth-order valence-corrected chi connectivity index (χ4v) is 3.00. The minimum atomic E-state index is -0.633. The summed E-state index contributed by atoms with van der Waals surface area (Å²) in [7, 11) is 0. The van der Waals surface area contributed by atoms with E-state index in [9.17, 15) is 9.59 Å². The zero-order chi connectivity index (χ0) is 19.6. The van der Waals surface area contributed by atoms with Crippen LogP contribution in [-0.4, -0.2) is 23.3 Å². The second kappa shape index (κ2) is 10.5. The average molecular weight is 367 g/mol. The van der Waals surface area contributed by atoms with Crippen molar-refractivity contribution in [1.29, 1.82) is 0 Å². The van der Waals surface area contributed by atoms with Crippen molar-refractivity contribution in [1.82, 2.24) is 10.2 Å². The maximum atomic E-state index is 13.1. The quantitative estimate of drug-likeness (QED) is 0.718. The Bertz CT molecular complexity index is 714. The van der Waals surface area contributed by atoms with Gasteiger partial charge in [-0.3, -0.25) is 9.59 Å². The van der Waals surface area contributed by atoms with Crippen LogP contribution in [0.2, 0.25) is 0 Å². The molecule has 0 spiro atoms. The monoisotopic (exact) mass is 366 g/mol. The van der Waals surface area contributed by atoms with E-state index in [4.69, 9.17) is 0 Å². The van der Waals surface area contributed by atoms with Gasteiger partial charge in [0.25, 0.3) is 0 Å². The van der Waals surface area contributed by atoms with Crippen LogP contribution in [0.3, 0.4) is 0 Å². The SMILES string of the molecule is CCC(=O)N(Cc1ccccc1)[C@@H](C(=O)NCCC(C)C)c1ccccc1. The van der Waals surface area contributed by atoms with Crippen molar-refractivity contribution < 1.29 is 9.59 Å². The third kappa shape index (κ3) is 6.24. The molecule has 2 aromatic carbocycles. The van der Waals surface area contributed by atoms with Gasteiger partial charge in [0.1, 0.15) is 6.04 Å². The second-order valence-corrected chi connectivity index (χ2v) is 7.15. The van der Waals surface area contributed by atoms with Crippen molar-refractivity contribution in [3.05, 3.63) is 71.8 Å². The highest BCUT2D eigenvalue weighted by atomic mass is 16.2. The first-order valence-electron chi connectivity index (χ1n) is 9.69. The molecule has 0 radical (unpaired) electrons. The van der Waals surface area contributed by atoms with E-state index in [0.717, 1.165) is 17.5 Å². The summed E-state index contributed by atoms with van der Waals surface area (Å²) in [5, 5.41) is 3.02. The molecule has 0 heterocycles. The fourth-order valence-electron chi connectivity index (χ4n) is 3.00. The molecule has 0 unspecified atom stereocenters. The first-order valence-corrected chi connectivity index (χ1v) is 9.69. The average Bonchev–Trinajstić information content (AvgIpc) is 2.68. The van der Waals surface area contributed by atoms with Crippen molar-refractivity contribution in [2.45, 2.75) is 46.2 Å². The lowest BCUT2D eigenvalue weighted by Crippen LogP contribution is -2.43. The fraction of sp³-hybridized carbons (Fsp3) is 0.391. The highest BCUT2D eigenvalue weighted by molar-refractivity contribution is 5.88. The highest BCUT2D eigenvalue weighted by Gasteiger charge is 2.30. The van der Waals surface area contributed by atoms with Crippen LogP contribution in [0, 0.1) is 5.92 Å². The third-order valence-corrected chi connectivity index (χ3v) is 4.51. The van der Waals surface area contributed by atoms with Gasteiger partial charge in [-0.15, -0.1) is 0 Å². The zero-order valence-electron chi connectivity index (χ0n) is 16.5. The van der Waals surface area contributed by atoms with Crippen LogP contribution in [0.25, 0.3) is 0 Å². The number of carbonyl (C=O) groups is 2. The van der Waals surface area contributed by atoms with Gasteiger partial charge < -0.3 is 10.2 Å². The smallest absolute Gasteiger partial charge is 0.247 e. The van der Waals surface area contributed by atoms with E-state index in [1.54, 1.807) is 4.90 Å². The first-order chi connectivity index (χ1) is 13.0. The van der Waals surface area contributed by atoms with Crippen LogP contribution in [0.4, 0.5) is 0 Å². The van der Waals surface area contributed by atoms with Crippen molar-refractivity contribution >= 4 is 11.8 Å². The van der Waals surface area contributed by atoms with E-state index in [1.807, 2.05) is 67.6 Å². The van der Waals surface area contributed by atoms with Gasteiger partial charge in [0.2, 0.25) is 11.8 Å². The number of nitrogens with one attached hydrogen (secondary N) is 1. The van der Waals surface area contributed by atoms with Gasteiger partial charge in [-0.2, -0.15) is 0 Å². The summed E-state index contributed by atoms with van der Waals surface area (Å²) in [6.45, 7) is 7.11. The normalized spacial score (nSPS) is 11.9. The van der Waals surface area contributed by atoms with Gasteiger partial charge in [0.05, 0.1) is 0 Å². The van der Waals surface area contributed by atoms with E-state index < -0.39 is 6.04 Å². The van der Waals surface area contributed by atoms with Gasteiger partial charge in [-0.1, -0.05) is 81.4 Å². The summed E-state index contributed by atoms with van der Waals surface area (Å²) in [5.74, 6) is 0.351. The molecule has 0 saturated carbocycles. The number of hydrogen-bond donors (Lipinski definition) is 1. The maximum absolute atomic E-state index is 13.1. The predicted octanol–water partition coefficient (Wildman–Crippen LogP) is 4.33. The molecule has 1 N–H and O–H groups in total. The van der Waals surface area contributed by atoms with Gasteiger partial charge in [-0.05, 0) is 23.5 Å². The molecule has 0 aliphatic heterocycles. The Morgan fingerprint density at radius 3 is 2.11 bits per heavy atom. The van der Waals surface area contributed by atoms with E-state index in [0.29, 0.717) is 25.4 Å². The molecule has 2 amide bonds. The van der Waals surface area contributed by atoms with Gasteiger partial charge >= 0.3 is 0 Å². The number of benzene rings is 2. The minimum absolute atomic E-state index is 0.0354. The molecule has 0 aromatic heterocycles. The Kier molecular flexibility index (Phi) is 8.05. The third-order valence-electron chi connectivity index (χ3n) is 4.51. The zero-order valence-corrected chi connectivity index (χ0v) is 16.5. The van der Waals surface area contributed by atoms with Gasteiger partial charge in [0, 0.05) is 19.5 Å². The number of carbonyl (C=O) groups excluding carboxylic acids is 2. The minimum Gasteiger partial charge on any atom is -0.354 e. The van der Waals surface area contributed by atoms with E-state index in [1.165, 1.54) is 0 Å². The standard InChI is InChI=1S/C23H30N2O2/c1-4-21(26)25(17-19-11-7-5-8-12-19)22(20-13-9-6-10-14-20)23(27)24-16-15-18(2)3/h5-14,18,22H,4,15-17H2,1-3H3,(H,24,27)/t22-/m1/s1. The van der Waals surface area contributed by atoms with Crippen LogP contribution in [0.5, 0.6) is 0 Å². The molecule has 144 valence electrons. The molecule has 2 aromatic rings. The number of hydrogen-bond acceptors (Lipinski definition) is 2. The van der Waals surface area contributed by atoms with Crippen molar-refractivity contribution in [2.75, 3.05) is 6.54 Å². The lowest BCUT2D eigenvalue weighted by molar-refractivity contribution is -0.141. The first kappa shape index (κ1) is 20.7. The molecule has 0 aliphatic carbocycles. The Morgan fingerprint density at radius 2 is 1.56 bits per heavy atom. The molecule has 0 aliphatic rings. The van der Waals surface area contributed by atoms with Crippen molar-refractivity contribution in [3.8, 4) is 0 Å². The summed E-state index contributed by atoms with van der Waals surface area (Å²) in [4.78, 5) is 27.5. The summed E-state index contributed by atoms with van der Waals surface area (Å²) < 4.78 is 0. The molecule has 1 atom stereocenters. The molecule has 4 heteroatoms. The predicted molar refractivity (Wildman–Crippen MR) is 109 cm³/mol. The molecule has 0 bridgehead atoms. The maximum Gasteiger partial charge on any atom is 0.247 e. The Hall–Kier alpha value is -2.62. The Labute approximate surface area is 162 Å². The summed E-state index contributed by atoms with van der Waals surface area (Å²) in [6.07, 6.45) is 1.27. The largest absolute Gasteiger partial charge is 0.354 e. The molecule has 4 nitrogen and oxygen atoms in total. The van der Waals surface area contributed by atoms with E-state index >= 15 is 0 Å². The Balaban J connectivity index is 2.31. The van der Waals surface area contributed by atoms with Crippen LogP contribution in [-0.2, 0) is 16.1 Å². The molecule has 0 saturated heterocycles. The van der Waals surface area contributed by atoms with Crippen molar-refractivity contribution in [3.63, 3.8) is 0 Å². The lowest BCUT2D eigenvalue weighted by Gasteiger charge is -2.31. The number of nitrogens with zero attached hydrogens (tertiary/aromatic N) is 1. The summed E-state index contributed by atoms with van der Waals surface area (Å²) in [6, 6.07) is 18.7. The van der Waals surface area contributed by atoms with Crippen LogP contribution in [0.15, 0.2) is 60.7 Å². The van der Waals surface area contributed by atoms with Crippen LogP contribution < -0.4 is 5.32 Å². The lowest BCUT2D eigenvalue weighted by atomic mass is 10.0. The van der Waals surface area contributed by atoms with E-state index in [2.05, 4.69) is 19.2 Å². The highest BCUT2D eigenvalue weighted by Crippen LogP contribution is 2.24. The molecular formula is C23H30N2O2. The topological polar surface area (TPSA) is 49.4 Å². The molecule has 2 rings (SSSR count). The van der Waals surface area contributed by atoms with Crippen LogP contribution in [0.1, 0.15) is 50.8 Å². The molecule has 27 heavy (non-hydrogen) atoms. The second-order valence-electron chi connectivity index (χ2n) is 7.15. The Morgan fingerprint density at radius 1 is 0.963 bits per heavy atom. The molecular weight excluding hydrogens is 336 g/mol. The number of amides is 2. The van der Waals surface area contributed by atoms with Gasteiger partial charge in [0.15, 0.2) is 0 Å². The van der Waals surface area contributed by atoms with Crippen molar-refractivity contribution in [2.24, 2.45) is 5.92 Å². The van der Waals surface area contributed by atoms with Crippen LogP contribution >= 0.6 is 0 Å². The summed E-state index contributed by atoms with van der Waals surface area (Å²) in [5.41, 5.74) is 1.84. The summed E-state index contributed by atoms with van der Waals surface area (Å²) >= 11 is 0. The van der Waals surface area contributed by atoms with E-state index in [-0.39, 0.29) is 11.8 Å². The molecule has 0 fully saturated rings. The number of rotatable bonds is 9. The van der Waals surface area contributed by atoms with Gasteiger partial charge in [-0.25, -0.2) is 0 Å².